The zero-order chi connectivity index (χ0) is 10.7. The van der Waals surface area contributed by atoms with E-state index in [9.17, 15) is 0 Å². The normalized spacial score (nSPS) is 15.0. The summed E-state index contributed by atoms with van der Waals surface area (Å²) in [6.07, 6.45) is 11.7. The van der Waals surface area contributed by atoms with Crippen LogP contribution in [0.3, 0.4) is 0 Å². The first-order chi connectivity index (χ1) is 7.25. The number of anilines is 2. The first-order valence-corrected chi connectivity index (χ1v) is 4.79. The van der Waals surface area contributed by atoms with Crippen LogP contribution in [0.5, 0.6) is 0 Å². The minimum absolute atomic E-state index is 0.677. The summed E-state index contributed by atoms with van der Waals surface area (Å²) in [5.41, 5.74) is 7.44. The van der Waals surface area contributed by atoms with E-state index in [1.165, 1.54) is 5.57 Å². The van der Waals surface area contributed by atoms with Crippen LogP contribution in [0.2, 0.25) is 0 Å². The van der Waals surface area contributed by atoms with Gasteiger partial charge >= 0.3 is 0 Å². The third-order valence-electron chi connectivity index (χ3n) is 2.09. The lowest BCUT2D eigenvalue weighted by Crippen LogP contribution is -2.08. The van der Waals surface area contributed by atoms with Crippen molar-refractivity contribution in [1.82, 2.24) is 4.98 Å². The lowest BCUT2D eigenvalue weighted by Gasteiger charge is -2.14. The third-order valence-corrected chi connectivity index (χ3v) is 2.09. The Bertz CT molecular complexity index is 427. The van der Waals surface area contributed by atoms with E-state index in [0.29, 0.717) is 5.69 Å². The zero-order valence-corrected chi connectivity index (χ0v) is 8.59. The molecule has 0 saturated carbocycles. The molecule has 2 N–H and O–H groups in total. The van der Waals surface area contributed by atoms with Gasteiger partial charge in [0.15, 0.2) is 0 Å². The first kappa shape index (κ1) is 9.52. The van der Waals surface area contributed by atoms with Crippen molar-refractivity contribution in [2.75, 3.05) is 10.6 Å². The molecule has 0 saturated heterocycles. The standard InChI is InChI=1S/C12H13N3/c1-10-4-2-3-7-15(9-10)12-6-5-11(13)8-14-12/h2-9H,13H2,1H3. The molecule has 0 spiro atoms. The Morgan fingerprint density at radius 2 is 2.13 bits per heavy atom. The minimum Gasteiger partial charge on any atom is -0.397 e. The topological polar surface area (TPSA) is 42.1 Å². The van der Waals surface area contributed by atoms with Crippen molar-refractivity contribution in [3.05, 3.63) is 54.5 Å². The summed E-state index contributed by atoms with van der Waals surface area (Å²) in [7, 11) is 0. The smallest absolute Gasteiger partial charge is 0.136 e. The highest BCUT2D eigenvalue weighted by Crippen LogP contribution is 2.16. The summed E-state index contributed by atoms with van der Waals surface area (Å²) >= 11 is 0. The average molecular weight is 199 g/mol. The van der Waals surface area contributed by atoms with Crippen molar-refractivity contribution in [2.24, 2.45) is 0 Å². The fourth-order valence-electron chi connectivity index (χ4n) is 1.35. The Kier molecular flexibility index (Phi) is 2.54. The van der Waals surface area contributed by atoms with Crippen LogP contribution in [0.15, 0.2) is 54.5 Å². The molecule has 3 heteroatoms. The molecule has 0 unspecified atom stereocenters. The highest BCUT2D eigenvalue weighted by atomic mass is 15.2. The van der Waals surface area contributed by atoms with Crippen LogP contribution in [0.25, 0.3) is 0 Å². The number of nitrogens with zero attached hydrogens (tertiary/aromatic N) is 2. The molecule has 76 valence electrons. The van der Waals surface area contributed by atoms with E-state index in [4.69, 9.17) is 5.73 Å². The Morgan fingerprint density at radius 3 is 2.87 bits per heavy atom. The van der Waals surface area contributed by atoms with Gasteiger partial charge in [-0.25, -0.2) is 4.98 Å². The maximum absolute atomic E-state index is 5.59. The molecular formula is C12H13N3. The second kappa shape index (κ2) is 4.00. The van der Waals surface area contributed by atoms with Gasteiger partial charge in [0.2, 0.25) is 0 Å². The molecule has 0 amide bonds. The van der Waals surface area contributed by atoms with Crippen molar-refractivity contribution < 1.29 is 0 Å². The molecule has 3 nitrogen and oxygen atoms in total. The van der Waals surface area contributed by atoms with Crippen LogP contribution < -0.4 is 10.6 Å². The van der Waals surface area contributed by atoms with Gasteiger partial charge in [0.25, 0.3) is 0 Å². The summed E-state index contributed by atoms with van der Waals surface area (Å²) in [5, 5.41) is 0. The zero-order valence-electron chi connectivity index (χ0n) is 8.59. The highest BCUT2D eigenvalue weighted by Gasteiger charge is 2.02. The summed E-state index contributed by atoms with van der Waals surface area (Å²) in [6, 6.07) is 3.74. The Morgan fingerprint density at radius 1 is 1.27 bits per heavy atom. The van der Waals surface area contributed by atoms with Crippen LogP contribution in [0.4, 0.5) is 11.5 Å². The van der Waals surface area contributed by atoms with E-state index in [2.05, 4.69) is 4.98 Å². The Balaban J connectivity index is 2.31. The van der Waals surface area contributed by atoms with Gasteiger partial charge in [-0.15, -0.1) is 0 Å². The van der Waals surface area contributed by atoms with Gasteiger partial charge in [-0.2, -0.15) is 0 Å². The van der Waals surface area contributed by atoms with Crippen LogP contribution in [0, 0.1) is 0 Å². The molecule has 0 radical (unpaired) electrons. The molecular weight excluding hydrogens is 186 g/mol. The molecule has 1 aliphatic rings. The summed E-state index contributed by atoms with van der Waals surface area (Å²) in [6.45, 7) is 2.05. The predicted octanol–water partition coefficient (Wildman–Crippen LogP) is 2.46. The number of nitrogen functional groups attached to an aromatic ring is 1. The molecule has 0 aromatic carbocycles. The fourth-order valence-corrected chi connectivity index (χ4v) is 1.35. The molecule has 0 aliphatic carbocycles. The molecule has 1 aromatic rings. The van der Waals surface area contributed by atoms with E-state index in [1.807, 2.05) is 54.6 Å². The highest BCUT2D eigenvalue weighted by molar-refractivity contribution is 5.52. The lowest BCUT2D eigenvalue weighted by molar-refractivity contribution is 1.16. The number of pyridine rings is 1. The first-order valence-electron chi connectivity index (χ1n) is 4.79. The fraction of sp³-hybridized carbons (Fsp3) is 0.0833. The molecule has 0 fully saturated rings. The second-order valence-corrected chi connectivity index (χ2v) is 3.43. The summed E-state index contributed by atoms with van der Waals surface area (Å²) in [5.74, 6) is 0.864. The number of hydrogen-bond acceptors (Lipinski definition) is 3. The largest absolute Gasteiger partial charge is 0.397 e. The Hall–Kier alpha value is -2.03. The second-order valence-electron chi connectivity index (χ2n) is 3.43. The number of aromatic nitrogens is 1. The van der Waals surface area contributed by atoms with Gasteiger partial charge < -0.3 is 10.6 Å². The molecule has 0 atom stereocenters. The maximum atomic E-state index is 5.59. The van der Waals surface area contributed by atoms with Crippen LogP contribution in [-0.4, -0.2) is 4.98 Å². The van der Waals surface area contributed by atoms with Crippen molar-refractivity contribution >= 4 is 11.5 Å². The van der Waals surface area contributed by atoms with E-state index in [0.717, 1.165) is 5.82 Å². The van der Waals surface area contributed by atoms with E-state index >= 15 is 0 Å². The molecule has 2 rings (SSSR count). The maximum Gasteiger partial charge on any atom is 0.136 e. The van der Waals surface area contributed by atoms with Gasteiger partial charge in [0, 0.05) is 12.4 Å². The van der Waals surface area contributed by atoms with Crippen LogP contribution in [-0.2, 0) is 0 Å². The van der Waals surface area contributed by atoms with Gasteiger partial charge in [-0.05, 0) is 30.7 Å². The van der Waals surface area contributed by atoms with Crippen molar-refractivity contribution in [2.45, 2.75) is 6.92 Å². The van der Waals surface area contributed by atoms with Gasteiger partial charge in [-0.1, -0.05) is 12.2 Å². The Labute approximate surface area is 89.2 Å². The molecule has 15 heavy (non-hydrogen) atoms. The average Bonchev–Trinajstić information content (AvgIpc) is 2.44. The van der Waals surface area contributed by atoms with E-state index in [-0.39, 0.29) is 0 Å². The number of rotatable bonds is 1. The predicted molar refractivity (Wildman–Crippen MR) is 63.2 cm³/mol. The molecule has 2 heterocycles. The van der Waals surface area contributed by atoms with Crippen molar-refractivity contribution in [3.8, 4) is 0 Å². The van der Waals surface area contributed by atoms with E-state index < -0.39 is 0 Å². The molecule has 1 aromatic heterocycles. The van der Waals surface area contributed by atoms with Gasteiger partial charge in [-0.3, -0.25) is 0 Å². The summed E-state index contributed by atoms with van der Waals surface area (Å²) < 4.78 is 0. The van der Waals surface area contributed by atoms with Crippen LogP contribution >= 0.6 is 0 Å². The monoisotopic (exact) mass is 199 g/mol. The third kappa shape index (κ3) is 2.26. The van der Waals surface area contributed by atoms with Gasteiger partial charge in [0.05, 0.1) is 11.9 Å². The van der Waals surface area contributed by atoms with Gasteiger partial charge in [0.1, 0.15) is 5.82 Å². The number of nitrogens with two attached hydrogens (primary N) is 1. The SMILES string of the molecule is CC1=CN(c2ccc(N)cn2)C=CC=C1. The van der Waals surface area contributed by atoms with Crippen molar-refractivity contribution in [3.63, 3.8) is 0 Å². The van der Waals surface area contributed by atoms with E-state index in [1.54, 1.807) is 6.20 Å². The lowest BCUT2D eigenvalue weighted by atomic mass is 10.3. The van der Waals surface area contributed by atoms with Crippen LogP contribution in [0.1, 0.15) is 6.92 Å². The molecule has 0 bridgehead atoms. The summed E-state index contributed by atoms with van der Waals surface area (Å²) in [4.78, 5) is 6.22. The quantitative estimate of drug-likeness (QED) is 0.755. The molecule has 1 aliphatic heterocycles. The van der Waals surface area contributed by atoms with Crippen molar-refractivity contribution in [1.29, 1.82) is 0 Å². The number of hydrogen-bond donors (Lipinski definition) is 1. The number of allylic oxidation sites excluding steroid dienone is 4. The minimum atomic E-state index is 0.677.